The summed E-state index contributed by atoms with van der Waals surface area (Å²) in [5, 5.41) is 4.49. The Bertz CT molecular complexity index is 1240. The number of pyridine rings is 1. The number of fused-ring (bicyclic) bond motifs is 1. The van der Waals surface area contributed by atoms with Gasteiger partial charge in [-0.2, -0.15) is 0 Å². The molecule has 6 nitrogen and oxygen atoms in total. The van der Waals surface area contributed by atoms with Crippen LogP contribution in [0, 0.1) is 0 Å². The average Bonchev–Trinajstić information content (AvgIpc) is 3.08. The molecule has 0 atom stereocenters. The SMILES string of the molecule is COC(=O)c1ccnc2ccc(/C=C3\SC(=Nc4c(Cl)cccc4Cl)NC3=O)cc12. The molecule has 0 unspecified atom stereocenters. The van der Waals surface area contributed by atoms with Gasteiger partial charge in [0.15, 0.2) is 5.17 Å². The lowest BCUT2D eigenvalue weighted by Crippen LogP contribution is -2.19. The van der Waals surface area contributed by atoms with Crippen molar-refractivity contribution in [2.45, 2.75) is 0 Å². The number of thioether (sulfide) groups is 1. The van der Waals surface area contributed by atoms with Gasteiger partial charge in [0.1, 0.15) is 5.69 Å². The van der Waals surface area contributed by atoms with E-state index in [1.807, 2.05) is 6.07 Å². The lowest BCUT2D eigenvalue weighted by atomic mass is 10.1. The van der Waals surface area contributed by atoms with E-state index in [0.29, 0.717) is 42.3 Å². The van der Waals surface area contributed by atoms with Crippen molar-refractivity contribution in [1.82, 2.24) is 10.3 Å². The number of methoxy groups -OCH3 is 1. The van der Waals surface area contributed by atoms with Gasteiger partial charge < -0.3 is 10.1 Å². The zero-order valence-corrected chi connectivity index (χ0v) is 17.8. The van der Waals surface area contributed by atoms with Gasteiger partial charge in [0.25, 0.3) is 5.91 Å². The second kappa shape index (κ2) is 8.47. The van der Waals surface area contributed by atoms with Crippen LogP contribution in [0.25, 0.3) is 17.0 Å². The zero-order valence-electron chi connectivity index (χ0n) is 15.5. The molecule has 1 aliphatic heterocycles. The van der Waals surface area contributed by atoms with E-state index in [4.69, 9.17) is 27.9 Å². The first-order valence-corrected chi connectivity index (χ1v) is 10.2. The summed E-state index contributed by atoms with van der Waals surface area (Å²) >= 11 is 13.5. The number of benzene rings is 2. The van der Waals surface area contributed by atoms with E-state index >= 15 is 0 Å². The maximum atomic E-state index is 12.4. The molecule has 9 heteroatoms. The highest BCUT2D eigenvalue weighted by atomic mass is 35.5. The van der Waals surface area contributed by atoms with Gasteiger partial charge in [0.2, 0.25) is 0 Å². The molecule has 0 saturated carbocycles. The van der Waals surface area contributed by atoms with Gasteiger partial charge in [-0.05, 0) is 53.7 Å². The van der Waals surface area contributed by atoms with Crippen LogP contribution in [0.1, 0.15) is 15.9 Å². The molecule has 3 aromatic rings. The summed E-state index contributed by atoms with van der Waals surface area (Å²) < 4.78 is 4.84. The maximum absolute atomic E-state index is 12.4. The highest BCUT2D eigenvalue weighted by Gasteiger charge is 2.24. The van der Waals surface area contributed by atoms with Crippen LogP contribution in [0.2, 0.25) is 10.0 Å². The summed E-state index contributed by atoms with van der Waals surface area (Å²) in [6, 6.07) is 12.1. The summed E-state index contributed by atoms with van der Waals surface area (Å²) in [6.07, 6.45) is 3.26. The number of hydrogen-bond acceptors (Lipinski definition) is 6. The Morgan fingerprint density at radius 2 is 1.97 bits per heavy atom. The normalized spacial score (nSPS) is 16.3. The molecule has 0 aliphatic carbocycles. The van der Waals surface area contributed by atoms with Crippen molar-refractivity contribution in [3.63, 3.8) is 0 Å². The molecule has 2 aromatic carbocycles. The molecule has 1 aliphatic rings. The third kappa shape index (κ3) is 4.05. The Kier molecular flexibility index (Phi) is 5.76. The number of hydrogen-bond donors (Lipinski definition) is 1. The fourth-order valence-corrected chi connectivity index (χ4v) is 4.18. The molecule has 4 rings (SSSR count). The first-order chi connectivity index (χ1) is 14.5. The lowest BCUT2D eigenvalue weighted by molar-refractivity contribution is -0.115. The zero-order chi connectivity index (χ0) is 21.3. The maximum Gasteiger partial charge on any atom is 0.338 e. The summed E-state index contributed by atoms with van der Waals surface area (Å²) in [6.45, 7) is 0. The quantitative estimate of drug-likeness (QED) is 0.430. The van der Waals surface area contributed by atoms with Crippen molar-refractivity contribution in [3.8, 4) is 0 Å². The number of amidine groups is 1. The van der Waals surface area contributed by atoms with Crippen molar-refractivity contribution < 1.29 is 14.3 Å². The monoisotopic (exact) mass is 457 g/mol. The van der Waals surface area contributed by atoms with E-state index in [1.54, 1.807) is 48.7 Å². The third-order valence-corrected chi connectivity index (χ3v) is 5.79. The molecule has 1 saturated heterocycles. The minimum absolute atomic E-state index is 0.290. The van der Waals surface area contributed by atoms with E-state index in [9.17, 15) is 9.59 Å². The lowest BCUT2D eigenvalue weighted by Gasteiger charge is -2.05. The van der Waals surface area contributed by atoms with Crippen molar-refractivity contribution in [3.05, 3.63) is 74.7 Å². The minimum Gasteiger partial charge on any atom is -0.465 e. The molecular weight excluding hydrogens is 445 g/mol. The van der Waals surface area contributed by atoms with E-state index in [-0.39, 0.29) is 5.91 Å². The Morgan fingerprint density at radius 3 is 2.70 bits per heavy atom. The summed E-state index contributed by atoms with van der Waals surface area (Å²) in [5.74, 6) is -0.743. The molecule has 30 heavy (non-hydrogen) atoms. The predicted octanol–water partition coefficient (Wildman–Crippen LogP) is 5.22. The van der Waals surface area contributed by atoms with Crippen LogP contribution < -0.4 is 5.32 Å². The number of nitrogens with zero attached hydrogens (tertiary/aromatic N) is 2. The van der Waals surface area contributed by atoms with Crippen LogP contribution in [-0.2, 0) is 9.53 Å². The number of para-hydroxylation sites is 1. The highest BCUT2D eigenvalue weighted by Crippen LogP contribution is 2.35. The fraction of sp³-hybridized carbons (Fsp3) is 0.0476. The van der Waals surface area contributed by atoms with Crippen LogP contribution in [0.5, 0.6) is 0 Å². The van der Waals surface area contributed by atoms with Crippen molar-refractivity contribution in [1.29, 1.82) is 0 Å². The van der Waals surface area contributed by atoms with Gasteiger partial charge in [0, 0.05) is 11.6 Å². The molecule has 0 bridgehead atoms. The standard InChI is InChI=1S/C21H13Cl2N3O3S/c1-29-20(28)12-7-8-24-16-6-5-11(9-13(12)16)10-17-19(27)26-21(30-17)25-18-14(22)3-2-4-15(18)23/h2-10H,1H3,(H,25,26,27)/b17-10-. The molecule has 0 spiro atoms. The van der Waals surface area contributed by atoms with E-state index in [0.717, 1.165) is 5.56 Å². The fourth-order valence-electron chi connectivity index (χ4n) is 2.87. The molecule has 1 aromatic heterocycles. The number of rotatable bonds is 3. The van der Waals surface area contributed by atoms with Crippen LogP contribution in [0.15, 0.2) is 58.6 Å². The Hall–Kier alpha value is -2.87. The second-order valence-electron chi connectivity index (χ2n) is 6.18. The Labute approximate surface area is 185 Å². The first-order valence-electron chi connectivity index (χ1n) is 8.67. The van der Waals surface area contributed by atoms with Crippen LogP contribution in [0.3, 0.4) is 0 Å². The molecule has 1 N–H and O–H groups in total. The predicted molar refractivity (Wildman–Crippen MR) is 120 cm³/mol. The van der Waals surface area contributed by atoms with Crippen molar-refractivity contribution >= 4 is 74.7 Å². The average molecular weight is 458 g/mol. The van der Waals surface area contributed by atoms with Gasteiger partial charge in [-0.3, -0.25) is 9.78 Å². The number of amides is 1. The number of nitrogens with one attached hydrogen (secondary N) is 1. The topological polar surface area (TPSA) is 80.7 Å². The summed E-state index contributed by atoms with van der Waals surface area (Å²) in [5.41, 5.74) is 2.18. The van der Waals surface area contributed by atoms with Gasteiger partial charge in [-0.15, -0.1) is 0 Å². The summed E-state index contributed by atoms with van der Waals surface area (Å²) in [4.78, 5) is 33.5. The number of ether oxygens (including phenoxy) is 1. The molecule has 0 radical (unpaired) electrons. The second-order valence-corrected chi connectivity index (χ2v) is 8.02. The van der Waals surface area contributed by atoms with Crippen LogP contribution in [0.4, 0.5) is 5.69 Å². The number of aliphatic imine (C=N–C) groups is 1. The third-order valence-electron chi connectivity index (χ3n) is 4.27. The van der Waals surface area contributed by atoms with Crippen LogP contribution in [-0.4, -0.2) is 29.1 Å². The molecule has 150 valence electrons. The number of aromatic nitrogens is 1. The van der Waals surface area contributed by atoms with Gasteiger partial charge in [0.05, 0.1) is 33.1 Å². The number of carbonyl (C=O) groups excluding carboxylic acids is 2. The van der Waals surface area contributed by atoms with E-state index < -0.39 is 5.97 Å². The van der Waals surface area contributed by atoms with Gasteiger partial charge in [-0.25, -0.2) is 9.79 Å². The number of carbonyl (C=O) groups is 2. The molecule has 1 fully saturated rings. The van der Waals surface area contributed by atoms with Gasteiger partial charge >= 0.3 is 5.97 Å². The Morgan fingerprint density at radius 1 is 1.20 bits per heavy atom. The molecular formula is C21H13Cl2N3O3S. The molecule has 1 amide bonds. The first kappa shape index (κ1) is 20.4. The van der Waals surface area contributed by atoms with Crippen molar-refractivity contribution in [2.75, 3.05) is 7.11 Å². The molecule has 2 heterocycles. The van der Waals surface area contributed by atoms with E-state index in [2.05, 4.69) is 15.3 Å². The number of halogens is 2. The van der Waals surface area contributed by atoms with Gasteiger partial charge in [-0.1, -0.05) is 35.3 Å². The Balaban J connectivity index is 1.68. The van der Waals surface area contributed by atoms with Crippen LogP contribution >= 0.6 is 35.0 Å². The highest BCUT2D eigenvalue weighted by molar-refractivity contribution is 8.18. The van der Waals surface area contributed by atoms with E-state index in [1.165, 1.54) is 18.9 Å². The smallest absolute Gasteiger partial charge is 0.338 e. The largest absolute Gasteiger partial charge is 0.465 e. The number of esters is 1. The summed E-state index contributed by atoms with van der Waals surface area (Å²) in [7, 11) is 1.33. The van der Waals surface area contributed by atoms with Crippen molar-refractivity contribution in [2.24, 2.45) is 4.99 Å². The minimum atomic E-state index is -0.453.